The number of esters is 1. The Morgan fingerprint density at radius 1 is 1.46 bits per heavy atom. The van der Waals surface area contributed by atoms with Gasteiger partial charge in [0.1, 0.15) is 0 Å². The number of amides is 3. The summed E-state index contributed by atoms with van der Waals surface area (Å²) in [6.45, 7) is 1.95. The summed E-state index contributed by atoms with van der Waals surface area (Å²) >= 11 is 1.37. The van der Waals surface area contributed by atoms with Crippen molar-refractivity contribution in [1.82, 2.24) is 20.0 Å². The maximum absolute atomic E-state index is 12.1. The van der Waals surface area contributed by atoms with E-state index >= 15 is 0 Å². The van der Waals surface area contributed by atoms with Gasteiger partial charge in [-0.3, -0.25) is 14.5 Å². The molecule has 0 aliphatic carbocycles. The number of thiophene rings is 1. The summed E-state index contributed by atoms with van der Waals surface area (Å²) in [4.78, 5) is 48.9. The third-order valence-electron chi connectivity index (χ3n) is 3.64. The number of ether oxygens (including phenoxy) is 1. The predicted molar refractivity (Wildman–Crippen MR) is 89.4 cm³/mol. The molecule has 1 fully saturated rings. The van der Waals surface area contributed by atoms with Crippen LogP contribution in [-0.2, 0) is 20.9 Å². The van der Waals surface area contributed by atoms with E-state index in [0.29, 0.717) is 11.4 Å². The normalized spacial score (nSPS) is 15.0. The summed E-state index contributed by atoms with van der Waals surface area (Å²) < 4.78 is 11.1. The zero-order valence-corrected chi connectivity index (χ0v) is 14.7. The van der Waals surface area contributed by atoms with Crippen LogP contribution in [0.3, 0.4) is 0 Å². The fourth-order valence-corrected chi connectivity index (χ4v) is 3.00. The topological polar surface area (TPSA) is 124 Å². The second-order valence-corrected chi connectivity index (χ2v) is 6.43. The highest BCUT2D eigenvalue weighted by Gasteiger charge is 2.31. The van der Waals surface area contributed by atoms with Crippen molar-refractivity contribution in [3.63, 3.8) is 0 Å². The third-order valence-corrected chi connectivity index (χ3v) is 4.50. The fraction of sp³-hybridized carbons (Fsp3) is 0.400. The maximum Gasteiger partial charge on any atom is 0.437 e. The van der Waals surface area contributed by atoms with Crippen LogP contribution in [0.1, 0.15) is 13.3 Å². The molecule has 1 unspecified atom stereocenters. The summed E-state index contributed by atoms with van der Waals surface area (Å²) in [5, 5.41) is 8.34. The Morgan fingerprint density at radius 2 is 2.27 bits per heavy atom. The maximum atomic E-state index is 12.1. The fourth-order valence-electron chi connectivity index (χ4n) is 2.35. The van der Waals surface area contributed by atoms with Gasteiger partial charge in [-0.05, 0) is 18.4 Å². The van der Waals surface area contributed by atoms with Crippen molar-refractivity contribution in [2.75, 3.05) is 13.1 Å². The van der Waals surface area contributed by atoms with Crippen LogP contribution >= 0.6 is 11.3 Å². The summed E-state index contributed by atoms with van der Waals surface area (Å²) in [5.74, 6) is -1.77. The van der Waals surface area contributed by atoms with E-state index < -0.39 is 29.8 Å². The minimum absolute atomic E-state index is 0.0440. The van der Waals surface area contributed by atoms with Gasteiger partial charge >= 0.3 is 17.8 Å². The lowest BCUT2D eigenvalue weighted by Crippen LogP contribution is -2.41. The second kappa shape index (κ2) is 7.52. The van der Waals surface area contributed by atoms with Gasteiger partial charge in [0.15, 0.2) is 6.10 Å². The molecule has 2 aromatic rings. The first kappa shape index (κ1) is 17.9. The molecule has 3 amide bonds. The van der Waals surface area contributed by atoms with Gasteiger partial charge in [-0.1, -0.05) is 6.07 Å². The van der Waals surface area contributed by atoms with Crippen molar-refractivity contribution in [3.05, 3.63) is 28.1 Å². The smallest absolute Gasteiger partial charge is 0.437 e. The number of aryl methyl sites for hydroxylation is 1. The van der Waals surface area contributed by atoms with Crippen molar-refractivity contribution in [2.45, 2.75) is 26.0 Å². The molecule has 0 spiro atoms. The molecular formula is C15H16N4O6S. The van der Waals surface area contributed by atoms with Gasteiger partial charge in [0, 0.05) is 13.1 Å². The van der Waals surface area contributed by atoms with Crippen molar-refractivity contribution >= 4 is 29.2 Å². The first-order valence-electron chi connectivity index (χ1n) is 7.86. The Kier molecular flexibility index (Phi) is 5.16. The van der Waals surface area contributed by atoms with E-state index in [2.05, 4.69) is 10.4 Å². The van der Waals surface area contributed by atoms with Gasteiger partial charge in [-0.25, -0.2) is 9.59 Å². The molecule has 138 valence electrons. The first-order valence-corrected chi connectivity index (χ1v) is 8.74. The molecule has 26 heavy (non-hydrogen) atoms. The molecule has 1 aliphatic rings. The van der Waals surface area contributed by atoms with E-state index in [9.17, 15) is 19.2 Å². The molecule has 1 aliphatic heterocycles. The molecule has 10 nitrogen and oxygen atoms in total. The van der Waals surface area contributed by atoms with Crippen molar-refractivity contribution in [3.8, 4) is 10.8 Å². The van der Waals surface area contributed by atoms with E-state index in [1.807, 2.05) is 5.38 Å². The lowest BCUT2D eigenvalue weighted by atomic mass is 10.3. The number of aromatic nitrogens is 2. The number of nitrogens with one attached hydrogen (secondary N) is 1. The zero-order valence-electron chi connectivity index (χ0n) is 13.8. The van der Waals surface area contributed by atoms with Crippen LogP contribution in [0.25, 0.3) is 10.8 Å². The summed E-state index contributed by atoms with van der Waals surface area (Å²) in [6.07, 6.45) is -1.26. The van der Waals surface area contributed by atoms with Gasteiger partial charge in [-0.2, -0.15) is 4.68 Å². The minimum Gasteiger partial charge on any atom is -0.452 e. The van der Waals surface area contributed by atoms with Crippen LogP contribution in [0.15, 0.2) is 26.7 Å². The molecule has 3 rings (SSSR count). The highest BCUT2D eigenvalue weighted by Crippen LogP contribution is 2.21. The molecule has 2 aromatic heterocycles. The predicted octanol–water partition coefficient (Wildman–Crippen LogP) is 0.438. The van der Waals surface area contributed by atoms with Crippen molar-refractivity contribution in [2.24, 2.45) is 0 Å². The monoisotopic (exact) mass is 380 g/mol. The number of nitrogens with zero attached hydrogens (tertiary/aromatic N) is 3. The Hall–Kier alpha value is -2.95. The van der Waals surface area contributed by atoms with E-state index in [4.69, 9.17) is 9.15 Å². The van der Waals surface area contributed by atoms with Crippen molar-refractivity contribution in [1.29, 1.82) is 0 Å². The van der Waals surface area contributed by atoms with Crippen LogP contribution in [0.4, 0.5) is 4.79 Å². The summed E-state index contributed by atoms with van der Waals surface area (Å²) in [7, 11) is 0. The number of imide groups is 1. The molecule has 1 N–H and O–H groups in total. The molecule has 11 heteroatoms. The van der Waals surface area contributed by atoms with Gasteiger partial charge < -0.3 is 14.5 Å². The lowest BCUT2D eigenvalue weighted by Gasteiger charge is -2.18. The largest absolute Gasteiger partial charge is 0.452 e. The van der Waals surface area contributed by atoms with Crippen LogP contribution in [-0.4, -0.2) is 51.8 Å². The second-order valence-electron chi connectivity index (χ2n) is 5.48. The standard InChI is InChI=1S/C15H16N4O6S/c1-9(13(21)18-7-5-16-14(18)22)24-11(20)4-6-19-15(23)25-12(17-19)10-3-2-8-26-10/h2-3,8-9H,4-7H2,1H3,(H,16,22). The highest BCUT2D eigenvalue weighted by molar-refractivity contribution is 7.13. The highest BCUT2D eigenvalue weighted by atomic mass is 32.1. The first-order chi connectivity index (χ1) is 12.5. The lowest BCUT2D eigenvalue weighted by molar-refractivity contribution is -0.157. The van der Waals surface area contributed by atoms with E-state index in [0.717, 1.165) is 9.58 Å². The molecular weight excluding hydrogens is 364 g/mol. The molecule has 0 radical (unpaired) electrons. The van der Waals surface area contributed by atoms with Crippen LogP contribution < -0.4 is 11.1 Å². The molecule has 0 bridgehead atoms. The van der Waals surface area contributed by atoms with Gasteiger partial charge in [0.2, 0.25) is 0 Å². The van der Waals surface area contributed by atoms with E-state index in [1.54, 1.807) is 12.1 Å². The number of carbonyl (C=O) groups excluding carboxylic acids is 3. The van der Waals surface area contributed by atoms with Crippen LogP contribution in [0.5, 0.6) is 0 Å². The van der Waals surface area contributed by atoms with E-state index in [1.165, 1.54) is 18.3 Å². The Balaban J connectivity index is 1.53. The Bertz CT molecular complexity index is 871. The van der Waals surface area contributed by atoms with E-state index in [-0.39, 0.29) is 25.4 Å². The minimum atomic E-state index is -1.10. The number of rotatable bonds is 6. The van der Waals surface area contributed by atoms with Crippen LogP contribution in [0.2, 0.25) is 0 Å². The molecule has 3 heterocycles. The number of hydrogen-bond donors (Lipinski definition) is 1. The molecule has 1 saturated heterocycles. The number of urea groups is 1. The number of hydrogen-bond acceptors (Lipinski definition) is 8. The van der Waals surface area contributed by atoms with Gasteiger partial charge in [0.25, 0.3) is 11.8 Å². The Morgan fingerprint density at radius 3 is 2.92 bits per heavy atom. The number of carbonyl (C=O) groups is 3. The quantitative estimate of drug-likeness (QED) is 0.721. The SMILES string of the molecule is CC(OC(=O)CCn1nc(-c2cccs2)oc1=O)C(=O)N1CCNC1=O. The molecule has 0 aromatic carbocycles. The third kappa shape index (κ3) is 3.82. The summed E-state index contributed by atoms with van der Waals surface area (Å²) in [6, 6.07) is 3.05. The molecule has 0 saturated carbocycles. The average Bonchev–Trinajstić information content (AvgIpc) is 3.33. The molecule has 1 atom stereocenters. The van der Waals surface area contributed by atoms with Gasteiger partial charge in [0.05, 0.1) is 17.8 Å². The Labute approximate surface area is 151 Å². The van der Waals surface area contributed by atoms with Crippen molar-refractivity contribution < 1.29 is 23.5 Å². The average molecular weight is 380 g/mol. The van der Waals surface area contributed by atoms with Crippen LogP contribution in [0, 0.1) is 0 Å². The summed E-state index contributed by atoms with van der Waals surface area (Å²) in [5.41, 5.74) is 0. The zero-order chi connectivity index (χ0) is 18.7. The van der Waals surface area contributed by atoms with Gasteiger partial charge in [-0.15, -0.1) is 16.4 Å².